The van der Waals surface area contributed by atoms with Gasteiger partial charge in [-0.3, -0.25) is 4.90 Å². The monoisotopic (exact) mass is 318 g/mol. The van der Waals surface area contributed by atoms with Crippen LogP contribution in [0.3, 0.4) is 0 Å². The van der Waals surface area contributed by atoms with Crippen molar-refractivity contribution in [2.75, 3.05) is 25.0 Å². The van der Waals surface area contributed by atoms with Gasteiger partial charge in [0.2, 0.25) is 0 Å². The number of nitrogens with one attached hydrogen (secondary N) is 1. The Labute approximate surface area is 137 Å². The Morgan fingerprint density at radius 2 is 2.09 bits per heavy atom. The highest BCUT2D eigenvalue weighted by molar-refractivity contribution is 5.45. The van der Waals surface area contributed by atoms with Gasteiger partial charge in [0.15, 0.2) is 0 Å². The van der Waals surface area contributed by atoms with Gasteiger partial charge in [-0.25, -0.2) is 4.98 Å². The van der Waals surface area contributed by atoms with Crippen LogP contribution in [0.25, 0.3) is 5.78 Å². The highest BCUT2D eigenvalue weighted by Gasteiger charge is 2.25. The van der Waals surface area contributed by atoms with E-state index in [4.69, 9.17) is 4.74 Å². The van der Waals surface area contributed by atoms with Gasteiger partial charge in [-0.05, 0) is 27.2 Å². The van der Waals surface area contributed by atoms with Crippen LogP contribution in [0.5, 0.6) is 0 Å². The van der Waals surface area contributed by atoms with E-state index in [-0.39, 0.29) is 12.2 Å². The molecule has 0 aromatic carbocycles. The molecule has 7 nitrogen and oxygen atoms in total. The Morgan fingerprint density at radius 3 is 2.78 bits per heavy atom. The number of aryl methyl sites for hydroxylation is 1. The highest BCUT2D eigenvalue weighted by Crippen LogP contribution is 2.15. The average Bonchev–Trinajstić information content (AvgIpc) is 2.99. The van der Waals surface area contributed by atoms with Crippen molar-refractivity contribution in [1.82, 2.24) is 24.5 Å². The van der Waals surface area contributed by atoms with Crippen LogP contribution in [0, 0.1) is 0 Å². The van der Waals surface area contributed by atoms with Crippen LogP contribution in [0.2, 0.25) is 0 Å². The van der Waals surface area contributed by atoms with E-state index in [1.54, 1.807) is 10.8 Å². The van der Waals surface area contributed by atoms with Crippen LogP contribution >= 0.6 is 0 Å². The van der Waals surface area contributed by atoms with Gasteiger partial charge in [0, 0.05) is 37.4 Å². The summed E-state index contributed by atoms with van der Waals surface area (Å²) in [5.74, 6) is 1.60. The van der Waals surface area contributed by atoms with E-state index >= 15 is 0 Å². The molecule has 1 aliphatic heterocycles. The number of nitrogens with zero attached hydrogens (tertiary/aromatic N) is 5. The summed E-state index contributed by atoms with van der Waals surface area (Å²) in [4.78, 5) is 11.2. The summed E-state index contributed by atoms with van der Waals surface area (Å²) >= 11 is 0. The number of ether oxygens (including phenoxy) is 1. The molecule has 2 aromatic rings. The molecule has 1 saturated heterocycles. The first-order valence-electron chi connectivity index (χ1n) is 8.39. The fourth-order valence-electron chi connectivity index (χ4n) is 3.13. The lowest BCUT2D eigenvalue weighted by Crippen LogP contribution is -2.51. The molecule has 0 saturated carbocycles. The molecular formula is C16H26N6O. The van der Waals surface area contributed by atoms with Gasteiger partial charge in [-0.15, -0.1) is 0 Å². The largest absolute Gasteiger partial charge is 0.373 e. The predicted octanol–water partition coefficient (Wildman–Crippen LogP) is 1.60. The van der Waals surface area contributed by atoms with Gasteiger partial charge in [0.1, 0.15) is 12.1 Å². The molecule has 126 valence electrons. The first-order valence-corrected chi connectivity index (χ1v) is 8.39. The number of morpholine rings is 1. The van der Waals surface area contributed by atoms with Crippen molar-refractivity contribution in [3.63, 3.8) is 0 Å². The van der Waals surface area contributed by atoms with E-state index in [2.05, 4.69) is 59.0 Å². The maximum atomic E-state index is 5.81. The molecular weight excluding hydrogens is 292 g/mol. The van der Waals surface area contributed by atoms with E-state index in [0.717, 1.165) is 37.6 Å². The normalized spacial score (nSPS) is 24.0. The molecule has 7 heteroatoms. The van der Waals surface area contributed by atoms with E-state index in [9.17, 15) is 0 Å². The second-order valence-electron chi connectivity index (χ2n) is 6.40. The van der Waals surface area contributed by atoms with Crippen LogP contribution in [0.4, 0.5) is 5.82 Å². The number of hydrogen-bond donors (Lipinski definition) is 1. The van der Waals surface area contributed by atoms with Crippen LogP contribution in [-0.2, 0) is 11.2 Å². The van der Waals surface area contributed by atoms with Crippen LogP contribution in [0.1, 0.15) is 33.4 Å². The van der Waals surface area contributed by atoms with Crippen molar-refractivity contribution in [1.29, 1.82) is 0 Å². The second-order valence-corrected chi connectivity index (χ2v) is 6.40. The molecule has 3 atom stereocenters. The molecule has 1 aliphatic rings. The van der Waals surface area contributed by atoms with Crippen molar-refractivity contribution >= 4 is 11.6 Å². The summed E-state index contributed by atoms with van der Waals surface area (Å²) in [6.45, 7) is 11.4. The van der Waals surface area contributed by atoms with E-state index in [0.29, 0.717) is 11.8 Å². The van der Waals surface area contributed by atoms with Gasteiger partial charge in [0.25, 0.3) is 5.78 Å². The Morgan fingerprint density at radius 1 is 1.35 bits per heavy atom. The Bertz CT molecular complexity index is 647. The van der Waals surface area contributed by atoms with E-state index < -0.39 is 0 Å². The Kier molecular flexibility index (Phi) is 4.77. The Balaban J connectivity index is 1.69. The fraction of sp³-hybridized carbons (Fsp3) is 0.688. The topological polar surface area (TPSA) is 67.6 Å². The van der Waals surface area contributed by atoms with Crippen LogP contribution < -0.4 is 5.32 Å². The molecule has 1 fully saturated rings. The van der Waals surface area contributed by atoms with Crippen LogP contribution in [-0.4, -0.2) is 62.4 Å². The van der Waals surface area contributed by atoms with Crippen molar-refractivity contribution in [2.24, 2.45) is 0 Å². The number of fused-ring (bicyclic) bond motifs is 1. The minimum absolute atomic E-state index is 0.288. The van der Waals surface area contributed by atoms with Crippen molar-refractivity contribution in [3.8, 4) is 0 Å². The fourth-order valence-corrected chi connectivity index (χ4v) is 3.13. The maximum Gasteiger partial charge on any atom is 0.254 e. The van der Waals surface area contributed by atoms with Gasteiger partial charge >= 0.3 is 0 Å². The Hall–Kier alpha value is -1.73. The molecule has 2 aromatic heterocycles. The van der Waals surface area contributed by atoms with E-state index in [1.807, 2.05) is 0 Å². The first kappa shape index (κ1) is 16.1. The molecule has 0 aliphatic carbocycles. The lowest BCUT2D eigenvalue weighted by atomic mass is 10.1. The number of hydrogen-bond acceptors (Lipinski definition) is 6. The van der Waals surface area contributed by atoms with Gasteiger partial charge in [-0.1, -0.05) is 6.92 Å². The number of aromatic nitrogens is 4. The highest BCUT2D eigenvalue weighted by atomic mass is 16.5. The first-order chi connectivity index (χ1) is 11.1. The molecule has 23 heavy (non-hydrogen) atoms. The predicted molar refractivity (Wildman–Crippen MR) is 89.7 cm³/mol. The minimum Gasteiger partial charge on any atom is -0.373 e. The lowest BCUT2D eigenvalue weighted by Gasteiger charge is -2.39. The molecule has 0 bridgehead atoms. The maximum absolute atomic E-state index is 5.81. The third-order valence-corrected chi connectivity index (χ3v) is 4.32. The quantitative estimate of drug-likeness (QED) is 0.903. The molecule has 3 rings (SSSR count). The molecule has 0 spiro atoms. The molecule has 0 amide bonds. The average molecular weight is 318 g/mol. The molecule has 0 radical (unpaired) electrons. The van der Waals surface area contributed by atoms with Crippen molar-refractivity contribution < 1.29 is 4.74 Å². The minimum atomic E-state index is 0.288. The van der Waals surface area contributed by atoms with Crippen molar-refractivity contribution in [2.45, 2.75) is 52.4 Å². The second kappa shape index (κ2) is 6.80. The molecule has 0 unspecified atom stereocenters. The zero-order chi connectivity index (χ0) is 16.4. The lowest BCUT2D eigenvalue weighted by molar-refractivity contribution is -0.0769. The summed E-state index contributed by atoms with van der Waals surface area (Å²) in [5.41, 5.74) is 1.02. The zero-order valence-electron chi connectivity index (χ0n) is 14.4. The van der Waals surface area contributed by atoms with Gasteiger partial charge < -0.3 is 10.1 Å². The van der Waals surface area contributed by atoms with Crippen molar-refractivity contribution in [3.05, 3.63) is 18.1 Å². The SMILES string of the molecule is CCc1cc(NC[C@@H](C)N2C[C@@H](C)O[C@@H](C)C2)n2ncnc2n1. The summed E-state index contributed by atoms with van der Waals surface area (Å²) in [7, 11) is 0. The standard InChI is InChI=1S/C16H26N6O/c1-5-14-6-15(22-16(20-14)18-10-19-22)17-7-11(2)21-8-12(3)23-13(4)9-21/h6,10-13,17H,5,7-9H2,1-4H3/t11-,12-,13+/m1/s1. The molecule has 3 heterocycles. The van der Waals surface area contributed by atoms with Gasteiger partial charge in [-0.2, -0.15) is 14.6 Å². The number of rotatable bonds is 5. The summed E-state index contributed by atoms with van der Waals surface area (Å²) in [5, 5.41) is 7.77. The van der Waals surface area contributed by atoms with Crippen LogP contribution in [0.15, 0.2) is 12.4 Å². The molecule has 1 N–H and O–H groups in total. The number of anilines is 1. The summed E-state index contributed by atoms with van der Waals surface area (Å²) in [6.07, 6.45) is 3.00. The smallest absolute Gasteiger partial charge is 0.254 e. The third kappa shape index (κ3) is 3.61. The zero-order valence-corrected chi connectivity index (χ0v) is 14.4. The summed E-state index contributed by atoms with van der Waals surface area (Å²) in [6, 6.07) is 2.47. The summed E-state index contributed by atoms with van der Waals surface area (Å²) < 4.78 is 7.57. The van der Waals surface area contributed by atoms with E-state index in [1.165, 1.54) is 0 Å². The van der Waals surface area contributed by atoms with Gasteiger partial charge in [0.05, 0.1) is 12.2 Å². The third-order valence-electron chi connectivity index (χ3n) is 4.32.